The van der Waals surface area contributed by atoms with Crippen molar-refractivity contribution in [3.63, 3.8) is 0 Å². The molecule has 0 heterocycles. The molecule has 21 heavy (non-hydrogen) atoms. The molecule has 118 valence electrons. The molecule has 0 saturated heterocycles. The van der Waals surface area contributed by atoms with Crippen LogP contribution in [0.4, 0.5) is 14.5 Å². The number of benzene rings is 1. The molecule has 5 nitrogen and oxygen atoms in total. The number of carboxylic acids is 1. The molecule has 0 saturated carbocycles. The van der Waals surface area contributed by atoms with E-state index >= 15 is 0 Å². The van der Waals surface area contributed by atoms with Crippen LogP contribution in [-0.2, 0) is 9.47 Å². The largest absolute Gasteiger partial charge is 0.478 e. The predicted molar refractivity (Wildman–Crippen MR) is 73.9 cm³/mol. The van der Waals surface area contributed by atoms with E-state index in [2.05, 4.69) is 0 Å². The lowest BCUT2D eigenvalue weighted by molar-refractivity contribution is 0.0695. The number of nitrogens with zero attached hydrogens (tertiary/aromatic N) is 1. The third-order valence-electron chi connectivity index (χ3n) is 3.03. The van der Waals surface area contributed by atoms with Gasteiger partial charge in [-0.05, 0) is 19.1 Å². The average molecular weight is 303 g/mol. The van der Waals surface area contributed by atoms with Gasteiger partial charge in [-0.2, -0.15) is 0 Å². The number of halogens is 2. The number of anilines is 1. The second-order valence-corrected chi connectivity index (χ2v) is 4.58. The molecule has 1 unspecified atom stereocenters. The Hall–Kier alpha value is -1.73. The standard InChI is InChI=1S/C14H19F2NO4/c1-9(8-21-3)17(4-5-20-2)13-11(15)6-10(14(18)19)7-12(13)16/h6-7,9H,4-5,8H2,1-3H3,(H,18,19). The molecule has 7 heteroatoms. The number of hydrogen-bond acceptors (Lipinski definition) is 4. The molecule has 0 fully saturated rings. The monoisotopic (exact) mass is 303 g/mol. The van der Waals surface area contributed by atoms with Crippen LogP contribution >= 0.6 is 0 Å². The first kappa shape index (κ1) is 17.3. The number of carboxylic acid groups (broad SMARTS) is 1. The minimum Gasteiger partial charge on any atom is -0.478 e. The molecule has 1 atom stereocenters. The van der Waals surface area contributed by atoms with E-state index in [1.807, 2.05) is 0 Å². The van der Waals surface area contributed by atoms with Crippen molar-refractivity contribution in [1.29, 1.82) is 0 Å². The fraction of sp³-hybridized carbons (Fsp3) is 0.500. The summed E-state index contributed by atoms with van der Waals surface area (Å²) in [6, 6.07) is 1.31. The Morgan fingerprint density at radius 2 is 1.86 bits per heavy atom. The zero-order valence-electron chi connectivity index (χ0n) is 12.2. The summed E-state index contributed by atoms with van der Waals surface area (Å²) >= 11 is 0. The van der Waals surface area contributed by atoms with Gasteiger partial charge in [0.1, 0.15) is 17.3 Å². The van der Waals surface area contributed by atoms with Crippen molar-refractivity contribution >= 4 is 11.7 Å². The van der Waals surface area contributed by atoms with Crippen molar-refractivity contribution in [1.82, 2.24) is 0 Å². The Balaban J connectivity index is 3.20. The minimum atomic E-state index is -1.38. The maximum Gasteiger partial charge on any atom is 0.335 e. The zero-order valence-corrected chi connectivity index (χ0v) is 12.2. The molecule has 1 rings (SSSR count). The van der Waals surface area contributed by atoms with Crippen LogP contribution in [-0.4, -0.2) is 51.1 Å². The van der Waals surface area contributed by atoms with Gasteiger partial charge in [0.15, 0.2) is 0 Å². The normalized spacial score (nSPS) is 12.2. The minimum absolute atomic E-state index is 0.251. The van der Waals surface area contributed by atoms with Gasteiger partial charge in [-0.15, -0.1) is 0 Å². The van der Waals surface area contributed by atoms with Crippen LogP contribution in [0.3, 0.4) is 0 Å². The van der Waals surface area contributed by atoms with E-state index in [-0.39, 0.29) is 31.5 Å². The highest BCUT2D eigenvalue weighted by atomic mass is 19.1. The molecule has 0 aromatic heterocycles. The number of hydrogen-bond donors (Lipinski definition) is 1. The van der Waals surface area contributed by atoms with E-state index in [1.165, 1.54) is 19.1 Å². The zero-order chi connectivity index (χ0) is 16.0. The number of rotatable bonds is 8. The number of ether oxygens (including phenoxy) is 2. The van der Waals surface area contributed by atoms with Gasteiger partial charge in [-0.25, -0.2) is 13.6 Å². The number of carbonyl (C=O) groups is 1. The van der Waals surface area contributed by atoms with Crippen LogP contribution < -0.4 is 4.90 Å². The summed E-state index contributed by atoms with van der Waals surface area (Å²) in [4.78, 5) is 12.3. The van der Waals surface area contributed by atoms with Gasteiger partial charge in [0.2, 0.25) is 0 Å². The third kappa shape index (κ3) is 4.37. The van der Waals surface area contributed by atoms with Crippen LogP contribution in [0.1, 0.15) is 17.3 Å². The van der Waals surface area contributed by atoms with Crippen LogP contribution in [0, 0.1) is 11.6 Å². The van der Waals surface area contributed by atoms with Crippen LogP contribution in [0.25, 0.3) is 0 Å². The lowest BCUT2D eigenvalue weighted by atomic mass is 10.1. The Morgan fingerprint density at radius 1 is 1.29 bits per heavy atom. The van der Waals surface area contributed by atoms with E-state index in [1.54, 1.807) is 6.92 Å². The molecule has 1 N–H and O–H groups in total. The fourth-order valence-electron chi connectivity index (χ4n) is 2.04. The van der Waals surface area contributed by atoms with Crippen molar-refractivity contribution < 1.29 is 28.2 Å². The van der Waals surface area contributed by atoms with Crippen molar-refractivity contribution in [2.45, 2.75) is 13.0 Å². The SMILES string of the molecule is COCCN(c1c(F)cc(C(=O)O)cc1F)C(C)COC. The third-order valence-corrected chi connectivity index (χ3v) is 3.03. The average Bonchev–Trinajstić information content (AvgIpc) is 2.41. The van der Waals surface area contributed by atoms with E-state index in [4.69, 9.17) is 14.6 Å². The molecule has 0 aliphatic rings. The number of methoxy groups -OCH3 is 2. The van der Waals surface area contributed by atoms with E-state index in [0.717, 1.165) is 12.1 Å². The van der Waals surface area contributed by atoms with Crippen molar-refractivity contribution in [3.8, 4) is 0 Å². The maximum absolute atomic E-state index is 14.1. The number of aromatic carboxylic acids is 1. The molecular weight excluding hydrogens is 284 g/mol. The Kier molecular flexibility index (Phi) is 6.51. The molecular formula is C14H19F2NO4. The Morgan fingerprint density at radius 3 is 2.29 bits per heavy atom. The Bertz CT molecular complexity index is 473. The van der Waals surface area contributed by atoms with Crippen molar-refractivity contribution in [2.24, 2.45) is 0 Å². The molecule has 0 amide bonds. The van der Waals surface area contributed by atoms with Gasteiger partial charge in [-0.1, -0.05) is 0 Å². The summed E-state index contributed by atoms with van der Waals surface area (Å²) in [5, 5.41) is 8.81. The summed E-state index contributed by atoms with van der Waals surface area (Å²) in [6.07, 6.45) is 0. The summed E-state index contributed by atoms with van der Waals surface area (Å²) in [5.74, 6) is -3.23. The van der Waals surface area contributed by atoms with Crippen molar-refractivity contribution in [3.05, 3.63) is 29.3 Å². The first-order valence-electron chi connectivity index (χ1n) is 6.39. The first-order valence-corrected chi connectivity index (χ1v) is 6.39. The molecule has 0 radical (unpaired) electrons. The molecule has 0 spiro atoms. The highest BCUT2D eigenvalue weighted by Crippen LogP contribution is 2.27. The van der Waals surface area contributed by atoms with Gasteiger partial charge >= 0.3 is 5.97 Å². The second kappa shape index (κ2) is 7.90. The van der Waals surface area contributed by atoms with Gasteiger partial charge in [-0.3, -0.25) is 0 Å². The predicted octanol–water partition coefficient (Wildman–Crippen LogP) is 2.15. The Labute approximate surface area is 122 Å². The summed E-state index contributed by atoms with van der Waals surface area (Å²) < 4.78 is 38.2. The van der Waals surface area contributed by atoms with E-state index < -0.39 is 23.2 Å². The van der Waals surface area contributed by atoms with E-state index in [0.29, 0.717) is 0 Å². The summed E-state index contributed by atoms with van der Waals surface area (Å²) in [7, 11) is 2.98. The topological polar surface area (TPSA) is 59.0 Å². The van der Waals surface area contributed by atoms with Gasteiger partial charge < -0.3 is 19.5 Å². The maximum atomic E-state index is 14.1. The first-order chi connectivity index (χ1) is 9.92. The highest BCUT2D eigenvalue weighted by molar-refractivity contribution is 5.88. The molecule has 0 aliphatic carbocycles. The van der Waals surface area contributed by atoms with Gasteiger partial charge in [0, 0.05) is 26.8 Å². The summed E-state index contributed by atoms with van der Waals surface area (Å²) in [5.41, 5.74) is -0.707. The molecule has 0 bridgehead atoms. The molecule has 1 aromatic carbocycles. The van der Waals surface area contributed by atoms with Crippen molar-refractivity contribution in [2.75, 3.05) is 38.9 Å². The van der Waals surface area contributed by atoms with E-state index in [9.17, 15) is 13.6 Å². The summed E-state index contributed by atoms with van der Waals surface area (Å²) in [6.45, 7) is 2.54. The van der Waals surface area contributed by atoms with Crippen LogP contribution in [0.15, 0.2) is 12.1 Å². The highest BCUT2D eigenvalue weighted by Gasteiger charge is 2.23. The second-order valence-electron chi connectivity index (χ2n) is 4.58. The quantitative estimate of drug-likeness (QED) is 0.797. The lowest BCUT2D eigenvalue weighted by Gasteiger charge is -2.31. The van der Waals surface area contributed by atoms with Gasteiger partial charge in [0.05, 0.1) is 18.8 Å². The smallest absolute Gasteiger partial charge is 0.335 e. The fourth-order valence-corrected chi connectivity index (χ4v) is 2.04. The van der Waals surface area contributed by atoms with Crippen LogP contribution in [0.5, 0.6) is 0 Å². The van der Waals surface area contributed by atoms with Gasteiger partial charge in [0.25, 0.3) is 0 Å². The molecule has 1 aromatic rings. The van der Waals surface area contributed by atoms with Crippen LogP contribution in [0.2, 0.25) is 0 Å². The molecule has 0 aliphatic heterocycles. The lowest BCUT2D eigenvalue weighted by Crippen LogP contribution is -2.40.